The molecule has 0 aliphatic rings. The maximum atomic E-state index is 4.20. The monoisotopic (exact) mass is 383 g/mol. The number of rotatable bonds is 5. The summed E-state index contributed by atoms with van der Waals surface area (Å²) >= 11 is 3.99. The van der Waals surface area contributed by atoms with Crippen LogP contribution in [0.3, 0.4) is 0 Å². The van der Waals surface area contributed by atoms with Crippen LogP contribution in [0.5, 0.6) is 0 Å². The predicted molar refractivity (Wildman–Crippen MR) is 104 cm³/mol. The molecule has 0 aromatic heterocycles. The number of benzene rings is 3. The van der Waals surface area contributed by atoms with Crippen molar-refractivity contribution in [3.8, 4) is 0 Å². The SMILES string of the molecule is [CH2]CC(Br)S(c1ccccc1)(c1ccccc1)c1ccccc1. The van der Waals surface area contributed by atoms with Crippen molar-refractivity contribution in [2.45, 2.75) is 25.3 Å². The fourth-order valence-electron chi connectivity index (χ4n) is 2.93. The van der Waals surface area contributed by atoms with E-state index in [2.05, 4.69) is 114 Å². The number of halogens is 1. The van der Waals surface area contributed by atoms with E-state index in [4.69, 9.17) is 0 Å². The predicted octanol–water partition coefficient (Wildman–Crippen LogP) is 6.91. The van der Waals surface area contributed by atoms with Gasteiger partial charge in [-0.25, -0.2) is 0 Å². The number of hydrogen-bond acceptors (Lipinski definition) is 0. The summed E-state index contributed by atoms with van der Waals surface area (Å²) in [5, 5.41) is 0. The first-order valence-corrected chi connectivity index (χ1v) is 10.3. The Hall–Kier alpha value is -1.51. The van der Waals surface area contributed by atoms with Gasteiger partial charge >= 0.3 is 0 Å². The molecular formula is C21H20BrS. The van der Waals surface area contributed by atoms with Crippen LogP contribution in [0.15, 0.2) is 106 Å². The molecular weight excluding hydrogens is 364 g/mol. The molecule has 1 atom stereocenters. The van der Waals surface area contributed by atoms with E-state index >= 15 is 0 Å². The average molecular weight is 384 g/mol. The Kier molecular flexibility index (Phi) is 5.24. The van der Waals surface area contributed by atoms with Crippen molar-refractivity contribution in [2.75, 3.05) is 0 Å². The van der Waals surface area contributed by atoms with Crippen LogP contribution in [0.4, 0.5) is 0 Å². The van der Waals surface area contributed by atoms with Gasteiger partial charge in [0.2, 0.25) is 0 Å². The Morgan fingerprint density at radius 2 is 0.957 bits per heavy atom. The van der Waals surface area contributed by atoms with E-state index in [0.717, 1.165) is 6.42 Å². The third kappa shape index (κ3) is 2.98. The lowest BCUT2D eigenvalue weighted by molar-refractivity contribution is 1.13. The van der Waals surface area contributed by atoms with Gasteiger partial charge in [-0.05, 0) is 57.5 Å². The molecule has 117 valence electrons. The standard InChI is InChI=1S/C21H20BrS/c1-2-21(22)23(18-12-6-3-7-13-18,19-14-8-4-9-15-19)20-16-10-5-11-17-20/h3-17,21H,1-2H2. The molecule has 0 spiro atoms. The molecule has 0 bridgehead atoms. The van der Waals surface area contributed by atoms with E-state index in [1.54, 1.807) is 0 Å². The smallest absolute Gasteiger partial charge is 0.0560 e. The molecule has 2 heteroatoms. The Balaban J connectivity index is 2.35. The largest absolute Gasteiger partial charge is 0.147 e. The quantitative estimate of drug-likeness (QED) is 0.419. The third-order valence-corrected chi connectivity index (χ3v) is 10.1. The summed E-state index contributed by atoms with van der Waals surface area (Å²) in [5.74, 6) is 0. The normalized spacial score (nSPS) is 13.5. The van der Waals surface area contributed by atoms with Crippen LogP contribution in [0.1, 0.15) is 6.42 Å². The van der Waals surface area contributed by atoms with Crippen molar-refractivity contribution >= 4 is 26.0 Å². The van der Waals surface area contributed by atoms with E-state index in [9.17, 15) is 0 Å². The fourth-order valence-corrected chi connectivity index (χ4v) is 8.69. The van der Waals surface area contributed by atoms with Crippen molar-refractivity contribution in [3.05, 3.63) is 97.9 Å². The summed E-state index contributed by atoms with van der Waals surface area (Å²) in [5.41, 5.74) is 0. The minimum Gasteiger partial charge on any atom is -0.147 e. The van der Waals surface area contributed by atoms with Gasteiger partial charge < -0.3 is 0 Å². The Bertz CT molecular complexity index is 629. The molecule has 0 heterocycles. The molecule has 3 aromatic carbocycles. The van der Waals surface area contributed by atoms with E-state index < -0.39 is 10.0 Å². The van der Waals surface area contributed by atoms with E-state index in [-0.39, 0.29) is 4.16 Å². The summed E-state index contributed by atoms with van der Waals surface area (Å²) in [6.07, 6.45) is 0.827. The topological polar surface area (TPSA) is 0 Å². The van der Waals surface area contributed by atoms with Crippen molar-refractivity contribution in [1.82, 2.24) is 0 Å². The van der Waals surface area contributed by atoms with Crippen LogP contribution in [-0.2, 0) is 0 Å². The zero-order valence-electron chi connectivity index (χ0n) is 12.9. The summed E-state index contributed by atoms with van der Waals surface area (Å²) in [6, 6.07) is 32.5. The second kappa shape index (κ2) is 7.37. The Morgan fingerprint density at radius 1 is 0.652 bits per heavy atom. The highest BCUT2D eigenvalue weighted by Crippen LogP contribution is 2.73. The summed E-state index contributed by atoms with van der Waals surface area (Å²) in [4.78, 5) is 4.09. The molecule has 0 nitrogen and oxygen atoms in total. The van der Waals surface area contributed by atoms with Gasteiger partial charge in [0.25, 0.3) is 0 Å². The number of alkyl halides is 1. The highest BCUT2D eigenvalue weighted by atomic mass is 79.9. The van der Waals surface area contributed by atoms with Gasteiger partial charge in [-0.2, -0.15) is 0 Å². The molecule has 3 rings (SSSR count). The molecule has 0 amide bonds. The third-order valence-electron chi connectivity index (χ3n) is 3.96. The lowest BCUT2D eigenvalue weighted by Gasteiger charge is -2.45. The highest BCUT2D eigenvalue weighted by molar-refractivity contribution is 9.12. The molecule has 0 saturated carbocycles. The summed E-state index contributed by atoms with van der Waals surface area (Å²) in [6.45, 7) is 4.20. The minimum atomic E-state index is -1.41. The minimum absolute atomic E-state index is 0.280. The zero-order chi connectivity index (χ0) is 16.1. The van der Waals surface area contributed by atoms with Gasteiger partial charge in [0, 0.05) is 0 Å². The molecule has 1 unspecified atom stereocenters. The van der Waals surface area contributed by atoms with Crippen molar-refractivity contribution in [1.29, 1.82) is 0 Å². The first-order chi connectivity index (χ1) is 11.3. The summed E-state index contributed by atoms with van der Waals surface area (Å²) < 4.78 is 0.280. The first-order valence-electron chi connectivity index (χ1n) is 7.71. The second-order valence-corrected chi connectivity index (χ2v) is 10.3. The van der Waals surface area contributed by atoms with Crippen LogP contribution >= 0.6 is 26.0 Å². The van der Waals surface area contributed by atoms with Crippen LogP contribution in [0.25, 0.3) is 0 Å². The average Bonchev–Trinajstić information content (AvgIpc) is 2.65. The highest BCUT2D eigenvalue weighted by Gasteiger charge is 2.36. The van der Waals surface area contributed by atoms with Crippen LogP contribution < -0.4 is 0 Å². The molecule has 0 saturated heterocycles. The molecule has 23 heavy (non-hydrogen) atoms. The van der Waals surface area contributed by atoms with Gasteiger partial charge in [0.15, 0.2) is 0 Å². The van der Waals surface area contributed by atoms with Gasteiger partial charge in [-0.15, -0.1) is 10.0 Å². The molecule has 0 N–H and O–H groups in total. The van der Waals surface area contributed by atoms with Crippen LogP contribution in [0, 0.1) is 6.92 Å². The van der Waals surface area contributed by atoms with E-state index in [0.29, 0.717) is 0 Å². The Labute approximate surface area is 149 Å². The van der Waals surface area contributed by atoms with Crippen molar-refractivity contribution in [3.63, 3.8) is 0 Å². The van der Waals surface area contributed by atoms with Gasteiger partial charge in [-0.3, -0.25) is 0 Å². The van der Waals surface area contributed by atoms with Gasteiger partial charge in [0.05, 0.1) is 4.16 Å². The van der Waals surface area contributed by atoms with Crippen molar-refractivity contribution in [2.24, 2.45) is 0 Å². The molecule has 3 aromatic rings. The molecule has 0 fully saturated rings. The van der Waals surface area contributed by atoms with Gasteiger partial charge in [0.1, 0.15) is 0 Å². The molecule has 0 aliphatic heterocycles. The van der Waals surface area contributed by atoms with E-state index in [1.807, 2.05) is 0 Å². The molecule has 0 aliphatic carbocycles. The van der Waals surface area contributed by atoms with Gasteiger partial charge in [-0.1, -0.05) is 77.5 Å². The Morgan fingerprint density at radius 3 is 1.22 bits per heavy atom. The maximum Gasteiger partial charge on any atom is 0.0560 e. The maximum absolute atomic E-state index is 4.20. The first kappa shape index (κ1) is 16.4. The molecule has 1 radical (unpaired) electrons. The van der Waals surface area contributed by atoms with Crippen LogP contribution in [0.2, 0.25) is 0 Å². The zero-order valence-corrected chi connectivity index (χ0v) is 15.3. The number of hydrogen-bond donors (Lipinski definition) is 0. The van der Waals surface area contributed by atoms with E-state index in [1.165, 1.54) is 14.7 Å². The van der Waals surface area contributed by atoms with Crippen molar-refractivity contribution < 1.29 is 0 Å². The second-order valence-electron chi connectivity index (χ2n) is 5.30. The van der Waals surface area contributed by atoms with Crippen LogP contribution in [-0.4, -0.2) is 4.16 Å². The summed E-state index contributed by atoms with van der Waals surface area (Å²) in [7, 11) is -1.41. The fraction of sp³-hybridized carbons (Fsp3) is 0.0952. The lowest BCUT2D eigenvalue weighted by atomic mass is 10.4. The lowest BCUT2D eigenvalue weighted by Crippen LogP contribution is -2.14.